The van der Waals surface area contributed by atoms with Gasteiger partial charge < -0.3 is 19.4 Å². The van der Waals surface area contributed by atoms with E-state index in [1.165, 1.54) is 10.9 Å². The number of H-pyrrole nitrogens is 1. The van der Waals surface area contributed by atoms with Crippen molar-refractivity contribution in [2.75, 3.05) is 18.0 Å². The fourth-order valence-corrected chi connectivity index (χ4v) is 8.05. The van der Waals surface area contributed by atoms with Crippen molar-refractivity contribution in [1.82, 2.24) is 14.5 Å². The summed E-state index contributed by atoms with van der Waals surface area (Å²) in [7, 11) is 0. The van der Waals surface area contributed by atoms with Gasteiger partial charge in [-0.3, -0.25) is 19.7 Å². The quantitative estimate of drug-likeness (QED) is 0.309. The van der Waals surface area contributed by atoms with E-state index in [0.29, 0.717) is 32.6 Å². The first-order valence-corrected chi connectivity index (χ1v) is 14.1. The molecule has 0 radical (unpaired) electrons. The Morgan fingerprint density at radius 1 is 1.05 bits per heavy atom. The summed E-state index contributed by atoms with van der Waals surface area (Å²) < 4.78 is 1.90. The second-order valence-electron chi connectivity index (χ2n) is 11.8. The molecule has 202 valence electrons. The smallest absolute Gasteiger partial charge is 0.269 e. The van der Waals surface area contributed by atoms with Gasteiger partial charge in [0.25, 0.3) is 11.2 Å². The van der Waals surface area contributed by atoms with Gasteiger partial charge in [0, 0.05) is 77.8 Å². The van der Waals surface area contributed by atoms with Crippen LogP contribution in [0.1, 0.15) is 34.9 Å². The Bertz CT molecular complexity index is 1770. The fourth-order valence-electron chi connectivity index (χ4n) is 8.05. The van der Waals surface area contributed by atoms with Crippen LogP contribution in [-0.4, -0.2) is 44.4 Å². The number of aromatic nitrogens is 2. The van der Waals surface area contributed by atoms with E-state index in [4.69, 9.17) is 0 Å². The number of amides is 1. The highest BCUT2D eigenvalue weighted by Gasteiger charge is 2.50. The molecule has 0 aliphatic carbocycles. The number of anilines is 1. The van der Waals surface area contributed by atoms with Gasteiger partial charge in [0.15, 0.2) is 0 Å². The Morgan fingerprint density at radius 3 is 2.80 bits per heavy atom. The lowest BCUT2D eigenvalue weighted by atomic mass is 9.69. The monoisotopic (exact) mass is 535 g/mol. The van der Waals surface area contributed by atoms with Crippen LogP contribution in [0.15, 0.2) is 65.5 Å². The van der Waals surface area contributed by atoms with Gasteiger partial charge >= 0.3 is 0 Å². The Labute approximate surface area is 230 Å². The van der Waals surface area contributed by atoms with Gasteiger partial charge in [0.1, 0.15) is 0 Å². The number of fused-ring (bicyclic) bond motifs is 11. The highest BCUT2D eigenvalue weighted by atomic mass is 16.6. The number of carbonyl (C=O) groups is 1. The number of piperidine rings is 1. The normalized spacial score (nSPS) is 24.6. The van der Waals surface area contributed by atoms with Crippen molar-refractivity contribution in [1.29, 1.82) is 0 Å². The molecule has 2 bridgehead atoms. The largest absolute Gasteiger partial charge is 0.366 e. The molecule has 1 fully saturated rings. The second-order valence-corrected chi connectivity index (χ2v) is 11.8. The molecule has 0 spiro atoms. The van der Waals surface area contributed by atoms with E-state index in [2.05, 4.69) is 22.0 Å². The number of nitro groups is 1. The molecule has 0 saturated carbocycles. The third-order valence-electron chi connectivity index (χ3n) is 9.71. The molecule has 1 amide bonds. The van der Waals surface area contributed by atoms with Crippen LogP contribution in [0.4, 0.5) is 11.4 Å². The van der Waals surface area contributed by atoms with Crippen LogP contribution < -0.4 is 10.5 Å². The van der Waals surface area contributed by atoms with Gasteiger partial charge in [0.05, 0.1) is 17.4 Å². The van der Waals surface area contributed by atoms with Gasteiger partial charge in [-0.05, 0) is 54.5 Å². The first kappa shape index (κ1) is 23.5. The number of benzene rings is 2. The molecule has 1 saturated heterocycles. The summed E-state index contributed by atoms with van der Waals surface area (Å²) in [6.45, 7) is 2.45. The zero-order valence-corrected chi connectivity index (χ0v) is 22.0. The summed E-state index contributed by atoms with van der Waals surface area (Å²) in [6.07, 6.45) is 2.19. The molecule has 4 aliphatic rings. The molecule has 4 aliphatic heterocycles. The van der Waals surface area contributed by atoms with E-state index in [1.54, 1.807) is 18.2 Å². The van der Waals surface area contributed by atoms with E-state index in [0.717, 1.165) is 41.0 Å². The fraction of sp³-hybridized carbons (Fsp3) is 0.355. The summed E-state index contributed by atoms with van der Waals surface area (Å²) in [5, 5.41) is 12.9. The Hall–Kier alpha value is -4.40. The van der Waals surface area contributed by atoms with Gasteiger partial charge in [0.2, 0.25) is 5.91 Å². The minimum atomic E-state index is -0.362. The number of hydrogen-bond acceptors (Lipinski definition) is 5. The van der Waals surface area contributed by atoms with E-state index < -0.39 is 0 Å². The van der Waals surface area contributed by atoms with Crippen LogP contribution in [0.5, 0.6) is 0 Å². The van der Waals surface area contributed by atoms with Crippen LogP contribution in [0.3, 0.4) is 0 Å². The SMILES string of the molecule is O=C([C@@H]1Cc2cc([N+](=O)[O-])ccc2N2CC3CC(Cn4c3cccc4=O)[C@@H]12)N1CCc2c([nH]c3ccccc23)C1. The maximum atomic E-state index is 14.4. The van der Waals surface area contributed by atoms with Crippen LogP contribution in [0.25, 0.3) is 10.9 Å². The molecule has 2 aromatic heterocycles. The second kappa shape index (κ2) is 8.55. The maximum absolute atomic E-state index is 14.4. The third-order valence-corrected chi connectivity index (χ3v) is 9.71. The Morgan fingerprint density at radius 2 is 1.93 bits per heavy atom. The molecule has 8 rings (SSSR count). The summed E-state index contributed by atoms with van der Waals surface area (Å²) in [5.74, 6) is 0.0650. The lowest BCUT2D eigenvalue weighted by Gasteiger charge is -2.54. The van der Waals surface area contributed by atoms with Crippen LogP contribution in [-0.2, 0) is 30.7 Å². The molecule has 1 N–H and O–H groups in total. The van der Waals surface area contributed by atoms with Gasteiger partial charge in [-0.1, -0.05) is 24.3 Å². The molecular formula is C31H29N5O4. The van der Waals surface area contributed by atoms with Crippen molar-refractivity contribution in [3.63, 3.8) is 0 Å². The number of non-ortho nitro benzene ring substituents is 1. The number of rotatable bonds is 2. The minimum Gasteiger partial charge on any atom is -0.366 e. The molecule has 40 heavy (non-hydrogen) atoms. The van der Waals surface area contributed by atoms with Crippen LogP contribution in [0.2, 0.25) is 0 Å². The van der Waals surface area contributed by atoms with Gasteiger partial charge in [-0.15, -0.1) is 0 Å². The number of nitrogens with zero attached hydrogens (tertiary/aromatic N) is 4. The summed E-state index contributed by atoms with van der Waals surface area (Å²) in [6, 6.07) is 18.8. The molecule has 4 atom stereocenters. The Balaban J connectivity index is 1.19. The first-order chi connectivity index (χ1) is 19.5. The van der Waals surface area contributed by atoms with Crippen molar-refractivity contribution in [3.8, 4) is 0 Å². The molecule has 2 aromatic carbocycles. The van der Waals surface area contributed by atoms with Crippen LogP contribution in [0, 0.1) is 22.0 Å². The average molecular weight is 536 g/mol. The predicted octanol–water partition coefficient (Wildman–Crippen LogP) is 3.99. The summed E-state index contributed by atoms with van der Waals surface area (Å²) in [5.41, 5.74) is 6.42. The molecule has 9 nitrogen and oxygen atoms in total. The third kappa shape index (κ3) is 3.39. The minimum absolute atomic E-state index is 0.0118. The number of carbonyl (C=O) groups excluding carboxylic acids is 1. The number of aromatic amines is 1. The standard InChI is InChI=1S/C31H29N5O4/c37-29-7-3-6-27-19-12-20(16-34(27)29)30-24(14-18-13-21(36(39)40)8-9-28(18)35(30)15-19)31(38)33-11-10-23-22-4-1-2-5-25(22)32-26(23)17-33/h1-9,13,19-20,24,30,32H,10-12,14-17H2/t19?,20?,24-,30+/m1/s1. The topological polar surface area (TPSA) is 104 Å². The van der Waals surface area contributed by atoms with Gasteiger partial charge in [-0.25, -0.2) is 0 Å². The summed E-state index contributed by atoms with van der Waals surface area (Å²) in [4.78, 5) is 46.3. The molecule has 2 unspecified atom stereocenters. The summed E-state index contributed by atoms with van der Waals surface area (Å²) >= 11 is 0. The lowest BCUT2D eigenvalue weighted by molar-refractivity contribution is -0.384. The lowest BCUT2D eigenvalue weighted by Crippen LogP contribution is -2.61. The van der Waals surface area contributed by atoms with Gasteiger partial charge in [-0.2, -0.15) is 0 Å². The molecule has 9 heteroatoms. The molecular weight excluding hydrogens is 506 g/mol. The molecule has 4 aromatic rings. The maximum Gasteiger partial charge on any atom is 0.269 e. The first-order valence-electron chi connectivity index (χ1n) is 14.1. The van der Waals surface area contributed by atoms with Crippen LogP contribution >= 0.6 is 0 Å². The van der Waals surface area contributed by atoms with Crippen molar-refractivity contribution in [2.45, 2.75) is 44.3 Å². The number of pyridine rings is 1. The number of nitro benzene ring substituents is 1. The highest BCUT2D eigenvalue weighted by molar-refractivity contribution is 5.87. The van der Waals surface area contributed by atoms with E-state index in [9.17, 15) is 19.7 Å². The van der Waals surface area contributed by atoms with E-state index in [-0.39, 0.29) is 45.9 Å². The zero-order chi connectivity index (χ0) is 27.1. The number of hydrogen-bond donors (Lipinski definition) is 1. The van der Waals surface area contributed by atoms with E-state index >= 15 is 0 Å². The highest BCUT2D eigenvalue weighted by Crippen LogP contribution is 2.48. The molecule has 6 heterocycles. The average Bonchev–Trinajstić information content (AvgIpc) is 3.34. The Kier molecular flexibility index (Phi) is 5.02. The van der Waals surface area contributed by atoms with Crippen molar-refractivity contribution >= 4 is 28.2 Å². The zero-order valence-electron chi connectivity index (χ0n) is 22.0. The van der Waals surface area contributed by atoms with Crippen molar-refractivity contribution in [2.24, 2.45) is 11.8 Å². The van der Waals surface area contributed by atoms with Crippen molar-refractivity contribution in [3.05, 3.63) is 104 Å². The van der Waals surface area contributed by atoms with E-state index in [1.807, 2.05) is 39.8 Å². The predicted molar refractivity (Wildman–Crippen MR) is 150 cm³/mol. The number of para-hydroxylation sites is 1. The number of nitrogens with one attached hydrogen (secondary N) is 1. The van der Waals surface area contributed by atoms with Crippen molar-refractivity contribution < 1.29 is 9.72 Å².